The molecule has 0 saturated carbocycles. The van der Waals surface area contributed by atoms with E-state index in [0.29, 0.717) is 23.6 Å². The molecule has 0 unspecified atom stereocenters. The van der Waals surface area contributed by atoms with E-state index in [2.05, 4.69) is 28.6 Å². The minimum Gasteiger partial charge on any atom is -0.497 e. The van der Waals surface area contributed by atoms with Gasteiger partial charge in [-0.2, -0.15) is 4.31 Å². The normalized spacial score (nSPS) is 23.1. The second-order valence-corrected chi connectivity index (χ2v) is 9.18. The van der Waals surface area contributed by atoms with Crippen molar-refractivity contribution in [2.45, 2.75) is 62.6 Å². The van der Waals surface area contributed by atoms with Gasteiger partial charge in [0.05, 0.1) is 12.0 Å². The highest BCUT2D eigenvalue weighted by atomic mass is 32.2. The van der Waals surface area contributed by atoms with Crippen LogP contribution in [0.4, 0.5) is 0 Å². The molecule has 0 spiro atoms. The summed E-state index contributed by atoms with van der Waals surface area (Å²) < 4.78 is 35.7. The summed E-state index contributed by atoms with van der Waals surface area (Å²) in [5.74, 6) is 2.75. The van der Waals surface area contributed by atoms with Crippen LogP contribution in [0.15, 0.2) is 29.2 Å². The van der Waals surface area contributed by atoms with Crippen molar-refractivity contribution in [3.05, 3.63) is 35.9 Å². The summed E-state index contributed by atoms with van der Waals surface area (Å²) in [6, 6.07) is 6.52. The largest absolute Gasteiger partial charge is 0.497 e. The van der Waals surface area contributed by atoms with E-state index in [1.54, 1.807) is 35.7 Å². The van der Waals surface area contributed by atoms with Gasteiger partial charge in [-0.3, -0.25) is 0 Å². The van der Waals surface area contributed by atoms with Crippen LogP contribution in [0.2, 0.25) is 0 Å². The Hall–Kier alpha value is -1.93. The molecule has 1 aromatic heterocycles. The maximum atomic E-state index is 13.3. The van der Waals surface area contributed by atoms with E-state index in [1.165, 1.54) is 0 Å². The fraction of sp³-hybridized carbons (Fsp3) is 0.556. The van der Waals surface area contributed by atoms with Crippen LogP contribution in [-0.2, 0) is 23.0 Å². The molecule has 7 nitrogen and oxygen atoms in total. The van der Waals surface area contributed by atoms with Crippen molar-refractivity contribution in [1.29, 1.82) is 0 Å². The number of methoxy groups -OCH3 is 1. The van der Waals surface area contributed by atoms with Gasteiger partial charge in [-0.05, 0) is 37.1 Å². The second-order valence-electron chi connectivity index (χ2n) is 7.34. The third-order valence-electron chi connectivity index (χ3n) is 5.37. The number of fused-ring (bicyclic) bond motifs is 3. The minimum atomic E-state index is -3.56. The number of aromatic nitrogens is 3. The van der Waals surface area contributed by atoms with Crippen LogP contribution in [-0.4, -0.2) is 46.7 Å². The second kappa shape index (κ2) is 6.35. The molecule has 1 aromatic carbocycles. The first-order valence-corrected chi connectivity index (χ1v) is 10.5. The zero-order chi connectivity index (χ0) is 18.5. The van der Waals surface area contributed by atoms with Crippen LogP contribution in [0.25, 0.3) is 0 Å². The number of benzene rings is 1. The lowest BCUT2D eigenvalue weighted by Crippen LogP contribution is -2.42. The summed E-state index contributed by atoms with van der Waals surface area (Å²) in [5, 5.41) is 8.67. The Balaban J connectivity index is 1.70. The van der Waals surface area contributed by atoms with Crippen molar-refractivity contribution in [1.82, 2.24) is 19.1 Å². The van der Waals surface area contributed by atoms with E-state index in [9.17, 15) is 8.42 Å². The Morgan fingerprint density at radius 3 is 2.46 bits per heavy atom. The monoisotopic (exact) mass is 376 g/mol. The molecule has 2 aliphatic rings. The molecule has 3 heterocycles. The van der Waals surface area contributed by atoms with E-state index in [-0.39, 0.29) is 18.0 Å². The number of hydrogen-bond acceptors (Lipinski definition) is 5. The zero-order valence-electron chi connectivity index (χ0n) is 15.3. The molecule has 1 fully saturated rings. The Morgan fingerprint density at radius 1 is 1.12 bits per heavy atom. The molecular formula is C18H24N4O3S. The fourth-order valence-electron chi connectivity index (χ4n) is 4.11. The molecule has 4 rings (SSSR count). The minimum absolute atomic E-state index is 0.0538. The van der Waals surface area contributed by atoms with Gasteiger partial charge in [0.15, 0.2) is 0 Å². The SMILES string of the molecule is COc1ccc(S(=O)(=O)N2[C@@H]3CC[C@H]2Cc2nnc(C(C)C)n2C3)cc1. The fourth-order valence-corrected chi connectivity index (χ4v) is 5.97. The average molecular weight is 376 g/mol. The summed E-state index contributed by atoms with van der Waals surface area (Å²) in [5.41, 5.74) is 0. The molecular weight excluding hydrogens is 352 g/mol. The Morgan fingerprint density at radius 2 is 1.81 bits per heavy atom. The summed E-state index contributed by atoms with van der Waals surface area (Å²) in [4.78, 5) is 0.317. The van der Waals surface area contributed by atoms with Gasteiger partial charge < -0.3 is 9.30 Å². The third-order valence-corrected chi connectivity index (χ3v) is 7.39. The first-order valence-electron chi connectivity index (χ1n) is 9.01. The molecule has 0 radical (unpaired) electrons. The first-order chi connectivity index (χ1) is 12.4. The lowest BCUT2D eigenvalue weighted by Gasteiger charge is -2.27. The number of hydrogen-bond donors (Lipinski definition) is 0. The first kappa shape index (κ1) is 17.5. The highest BCUT2D eigenvalue weighted by molar-refractivity contribution is 7.89. The molecule has 2 aliphatic heterocycles. The van der Waals surface area contributed by atoms with Gasteiger partial charge in [-0.1, -0.05) is 13.8 Å². The van der Waals surface area contributed by atoms with Crippen LogP contribution in [0.3, 0.4) is 0 Å². The van der Waals surface area contributed by atoms with E-state index in [0.717, 1.165) is 24.5 Å². The Labute approximate surface area is 154 Å². The molecule has 2 bridgehead atoms. The molecule has 2 atom stereocenters. The van der Waals surface area contributed by atoms with Gasteiger partial charge in [0, 0.05) is 31.0 Å². The summed E-state index contributed by atoms with van der Waals surface area (Å²) in [7, 11) is -1.99. The predicted octanol–water partition coefficient (Wildman–Crippen LogP) is 2.19. The Bertz CT molecular complexity index is 905. The molecule has 0 N–H and O–H groups in total. The smallest absolute Gasteiger partial charge is 0.243 e. The van der Waals surface area contributed by atoms with Crippen molar-refractivity contribution >= 4 is 10.0 Å². The standard InChI is InChI=1S/C18H24N4O3S/c1-12(2)18-20-19-17-10-13-4-5-14(11-21(17)18)22(13)26(23,24)16-8-6-15(25-3)7-9-16/h6-9,12-14H,4-5,10-11H2,1-3H3/t13-,14+/m0/s1. The van der Waals surface area contributed by atoms with E-state index >= 15 is 0 Å². The van der Waals surface area contributed by atoms with Crippen LogP contribution in [0.5, 0.6) is 5.75 Å². The van der Waals surface area contributed by atoms with Gasteiger partial charge >= 0.3 is 0 Å². The van der Waals surface area contributed by atoms with Crippen LogP contribution >= 0.6 is 0 Å². The highest BCUT2D eigenvalue weighted by Crippen LogP contribution is 2.37. The molecule has 26 heavy (non-hydrogen) atoms. The van der Waals surface area contributed by atoms with Crippen LogP contribution in [0.1, 0.15) is 44.3 Å². The summed E-state index contributed by atoms with van der Waals surface area (Å²) >= 11 is 0. The lowest BCUT2D eigenvalue weighted by molar-refractivity contribution is 0.313. The van der Waals surface area contributed by atoms with Gasteiger partial charge in [-0.15, -0.1) is 10.2 Å². The van der Waals surface area contributed by atoms with Crippen molar-refractivity contribution in [3.63, 3.8) is 0 Å². The van der Waals surface area contributed by atoms with Crippen LogP contribution < -0.4 is 4.74 Å². The topological polar surface area (TPSA) is 77.3 Å². The highest BCUT2D eigenvalue weighted by Gasteiger charge is 2.45. The van der Waals surface area contributed by atoms with Gasteiger partial charge in [0.1, 0.15) is 17.4 Å². The molecule has 0 amide bonds. The van der Waals surface area contributed by atoms with Crippen molar-refractivity contribution in [2.75, 3.05) is 7.11 Å². The lowest BCUT2D eigenvalue weighted by atomic mass is 10.1. The van der Waals surface area contributed by atoms with Gasteiger partial charge in [0.2, 0.25) is 10.0 Å². The third kappa shape index (κ3) is 2.72. The number of sulfonamides is 1. The predicted molar refractivity (Wildman–Crippen MR) is 96.6 cm³/mol. The van der Waals surface area contributed by atoms with E-state index in [1.807, 2.05) is 0 Å². The van der Waals surface area contributed by atoms with Gasteiger partial charge in [-0.25, -0.2) is 8.42 Å². The van der Waals surface area contributed by atoms with Crippen molar-refractivity contribution in [3.8, 4) is 5.75 Å². The number of ether oxygens (including phenoxy) is 1. The van der Waals surface area contributed by atoms with Crippen molar-refractivity contribution < 1.29 is 13.2 Å². The number of nitrogens with zero attached hydrogens (tertiary/aromatic N) is 4. The zero-order valence-corrected chi connectivity index (χ0v) is 16.1. The average Bonchev–Trinajstić information content (AvgIpc) is 3.15. The Kier molecular flexibility index (Phi) is 4.27. The maximum Gasteiger partial charge on any atom is 0.243 e. The number of rotatable bonds is 4. The summed E-state index contributed by atoms with van der Waals surface area (Å²) in [6.45, 7) is 4.81. The molecule has 1 saturated heterocycles. The maximum absolute atomic E-state index is 13.3. The van der Waals surface area contributed by atoms with E-state index < -0.39 is 10.0 Å². The molecule has 0 aliphatic carbocycles. The van der Waals surface area contributed by atoms with E-state index in [4.69, 9.17) is 4.74 Å². The molecule has 140 valence electrons. The summed E-state index contributed by atoms with van der Waals surface area (Å²) in [6.07, 6.45) is 2.35. The van der Waals surface area contributed by atoms with Gasteiger partial charge in [0.25, 0.3) is 0 Å². The molecule has 2 aromatic rings. The quantitative estimate of drug-likeness (QED) is 0.817. The van der Waals surface area contributed by atoms with Crippen molar-refractivity contribution in [2.24, 2.45) is 0 Å². The molecule has 8 heteroatoms. The van der Waals surface area contributed by atoms with Crippen LogP contribution in [0, 0.1) is 0 Å².